The summed E-state index contributed by atoms with van der Waals surface area (Å²) < 4.78 is 0. The molecule has 2 aromatic rings. The van der Waals surface area contributed by atoms with Crippen LogP contribution in [-0.4, -0.2) is 29.0 Å². The molecule has 4 heteroatoms. The number of benzene rings is 1. The van der Waals surface area contributed by atoms with E-state index in [1.165, 1.54) is 4.88 Å². The van der Waals surface area contributed by atoms with Crippen LogP contribution in [-0.2, 0) is 17.6 Å². The lowest BCUT2D eigenvalue weighted by Crippen LogP contribution is -2.37. The van der Waals surface area contributed by atoms with E-state index in [-0.39, 0.29) is 17.7 Å². The highest BCUT2D eigenvalue weighted by molar-refractivity contribution is 7.09. The van der Waals surface area contributed by atoms with Gasteiger partial charge >= 0.3 is 0 Å². The van der Waals surface area contributed by atoms with E-state index in [1.807, 2.05) is 19.2 Å². The van der Waals surface area contributed by atoms with Gasteiger partial charge in [-0.3, -0.25) is 4.79 Å². The van der Waals surface area contributed by atoms with Crippen LogP contribution in [0.25, 0.3) is 0 Å². The first kappa shape index (κ1) is 14.6. The topological polar surface area (TPSA) is 40.5 Å². The summed E-state index contributed by atoms with van der Waals surface area (Å²) in [7, 11) is 1.84. The molecule has 3 nitrogen and oxygen atoms in total. The maximum atomic E-state index is 12.2. The quantitative estimate of drug-likeness (QED) is 0.919. The summed E-state index contributed by atoms with van der Waals surface area (Å²) in [6, 6.07) is 11.1. The minimum Gasteiger partial charge on any atom is -0.508 e. The molecule has 1 aromatic heterocycles. The molecule has 0 aliphatic rings. The molecule has 0 spiro atoms. The van der Waals surface area contributed by atoms with Crippen molar-refractivity contribution in [3.8, 4) is 5.75 Å². The van der Waals surface area contributed by atoms with Gasteiger partial charge in [0.15, 0.2) is 0 Å². The number of aromatic hydroxyl groups is 1. The van der Waals surface area contributed by atoms with Gasteiger partial charge in [-0.25, -0.2) is 0 Å². The smallest absolute Gasteiger partial charge is 0.226 e. The van der Waals surface area contributed by atoms with Crippen molar-refractivity contribution in [2.24, 2.45) is 0 Å². The average molecular weight is 289 g/mol. The normalized spacial score (nSPS) is 12.1. The monoisotopic (exact) mass is 289 g/mol. The summed E-state index contributed by atoms with van der Waals surface area (Å²) in [5.74, 6) is 0.268. The zero-order chi connectivity index (χ0) is 14.5. The third-order valence-electron chi connectivity index (χ3n) is 3.40. The molecule has 1 aromatic carbocycles. The van der Waals surface area contributed by atoms with Gasteiger partial charge in [-0.1, -0.05) is 18.2 Å². The molecule has 0 aliphatic heterocycles. The van der Waals surface area contributed by atoms with E-state index in [0.717, 1.165) is 12.0 Å². The Labute approximate surface area is 123 Å². The van der Waals surface area contributed by atoms with Crippen molar-refractivity contribution >= 4 is 17.2 Å². The zero-order valence-electron chi connectivity index (χ0n) is 11.7. The summed E-state index contributed by atoms with van der Waals surface area (Å²) >= 11 is 1.72. The lowest BCUT2D eigenvalue weighted by atomic mass is 10.1. The van der Waals surface area contributed by atoms with Crippen molar-refractivity contribution < 1.29 is 9.90 Å². The van der Waals surface area contributed by atoms with Gasteiger partial charge in [0.2, 0.25) is 5.91 Å². The number of phenolic OH excluding ortho intramolecular Hbond substituents is 1. The average Bonchev–Trinajstić information content (AvgIpc) is 2.90. The van der Waals surface area contributed by atoms with Crippen LogP contribution in [0.5, 0.6) is 5.75 Å². The highest BCUT2D eigenvalue weighted by Crippen LogP contribution is 2.16. The standard InChI is InChI=1S/C16H19NO2S/c1-12(9-15-7-4-8-20-15)17(2)16(19)11-13-5-3-6-14(18)10-13/h3-8,10,12,18H,9,11H2,1-2H3. The third kappa shape index (κ3) is 3.84. The van der Waals surface area contributed by atoms with Crippen molar-refractivity contribution in [2.45, 2.75) is 25.8 Å². The van der Waals surface area contributed by atoms with Gasteiger partial charge in [0.25, 0.3) is 0 Å². The van der Waals surface area contributed by atoms with Crippen molar-refractivity contribution in [3.05, 3.63) is 52.2 Å². The SMILES string of the molecule is CC(Cc1cccs1)N(C)C(=O)Cc1cccc(O)c1. The highest BCUT2D eigenvalue weighted by atomic mass is 32.1. The molecule has 1 amide bonds. The Morgan fingerprint density at radius 2 is 2.15 bits per heavy atom. The van der Waals surface area contributed by atoms with Crippen LogP contribution in [0.2, 0.25) is 0 Å². The summed E-state index contributed by atoms with van der Waals surface area (Å²) in [4.78, 5) is 15.3. The molecule has 0 radical (unpaired) electrons. The molecule has 0 saturated heterocycles. The first-order chi connectivity index (χ1) is 9.56. The molecule has 0 aliphatic carbocycles. The molecule has 0 bridgehead atoms. The van der Waals surface area contributed by atoms with Crippen LogP contribution in [0.3, 0.4) is 0 Å². The Kier molecular flexibility index (Phi) is 4.79. The lowest BCUT2D eigenvalue weighted by Gasteiger charge is -2.24. The highest BCUT2D eigenvalue weighted by Gasteiger charge is 2.16. The molecule has 1 heterocycles. The number of hydrogen-bond acceptors (Lipinski definition) is 3. The predicted octanol–water partition coefficient (Wildman–Crippen LogP) is 3.09. The van der Waals surface area contributed by atoms with Crippen LogP contribution < -0.4 is 0 Å². The molecule has 20 heavy (non-hydrogen) atoms. The Balaban J connectivity index is 1.94. The van der Waals surface area contributed by atoms with E-state index >= 15 is 0 Å². The number of thiophene rings is 1. The van der Waals surface area contributed by atoms with Gasteiger partial charge in [-0.05, 0) is 36.1 Å². The number of carbonyl (C=O) groups excluding carboxylic acids is 1. The van der Waals surface area contributed by atoms with Crippen LogP contribution in [0.4, 0.5) is 0 Å². The number of rotatable bonds is 5. The fourth-order valence-electron chi connectivity index (χ4n) is 2.07. The minimum atomic E-state index is 0.0691. The minimum absolute atomic E-state index is 0.0691. The molecule has 1 unspecified atom stereocenters. The number of carbonyl (C=O) groups is 1. The van der Waals surface area contributed by atoms with E-state index in [1.54, 1.807) is 34.4 Å². The number of nitrogens with zero attached hydrogens (tertiary/aromatic N) is 1. The Hall–Kier alpha value is -1.81. The summed E-state index contributed by atoms with van der Waals surface area (Å²) in [5.41, 5.74) is 0.838. The third-order valence-corrected chi connectivity index (χ3v) is 4.30. The maximum Gasteiger partial charge on any atom is 0.226 e. The number of likely N-dealkylation sites (N-methyl/N-ethyl adjacent to an activating group) is 1. The molecule has 106 valence electrons. The number of phenols is 1. The van der Waals surface area contributed by atoms with Gasteiger partial charge in [0.1, 0.15) is 5.75 Å². The van der Waals surface area contributed by atoms with E-state index in [4.69, 9.17) is 0 Å². The molecule has 1 atom stereocenters. The van der Waals surface area contributed by atoms with Crippen molar-refractivity contribution in [1.82, 2.24) is 4.90 Å². The van der Waals surface area contributed by atoms with Gasteiger partial charge in [0, 0.05) is 24.4 Å². The second-order valence-electron chi connectivity index (χ2n) is 4.98. The van der Waals surface area contributed by atoms with E-state index < -0.39 is 0 Å². The second-order valence-corrected chi connectivity index (χ2v) is 6.02. The summed E-state index contributed by atoms with van der Waals surface area (Å²) in [6.45, 7) is 2.06. The Bertz CT molecular complexity index is 566. The zero-order valence-corrected chi connectivity index (χ0v) is 12.6. The fraction of sp³-hybridized carbons (Fsp3) is 0.312. The summed E-state index contributed by atoms with van der Waals surface area (Å²) in [6.07, 6.45) is 1.19. The fourth-order valence-corrected chi connectivity index (χ4v) is 2.89. The van der Waals surface area contributed by atoms with E-state index in [9.17, 15) is 9.90 Å². The largest absolute Gasteiger partial charge is 0.508 e. The van der Waals surface area contributed by atoms with Crippen LogP contribution in [0.15, 0.2) is 41.8 Å². The van der Waals surface area contributed by atoms with E-state index in [0.29, 0.717) is 6.42 Å². The molecule has 0 fully saturated rings. The van der Waals surface area contributed by atoms with Crippen LogP contribution >= 0.6 is 11.3 Å². The Morgan fingerprint density at radius 3 is 2.80 bits per heavy atom. The van der Waals surface area contributed by atoms with Gasteiger partial charge in [-0.15, -0.1) is 11.3 Å². The molecule has 0 saturated carbocycles. The Morgan fingerprint density at radius 1 is 1.35 bits per heavy atom. The predicted molar refractivity (Wildman–Crippen MR) is 82.1 cm³/mol. The number of amides is 1. The van der Waals surface area contributed by atoms with Crippen LogP contribution in [0.1, 0.15) is 17.4 Å². The first-order valence-corrected chi connectivity index (χ1v) is 7.50. The summed E-state index contributed by atoms with van der Waals surface area (Å²) in [5, 5.41) is 11.5. The second kappa shape index (κ2) is 6.57. The van der Waals surface area contributed by atoms with Crippen molar-refractivity contribution in [1.29, 1.82) is 0 Å². The molecular formula is C16H19NO2S. The molecular weight excluding hydrogens is 270 g/mol. The van der Waals surface area contributed by atoms with Crippen LogP contribution in [0, 0.1) is 0 Å². The maximum absolute atomic E-state index is 12.2. The van der Waals surface area contributed by atoms with Gasteiger partial charge in [-0.2, -0.15) is 0 Å². The number of hydrogen-bond donors (Lipinski definition) is 1. The molecule has 2 rings (SSSR count). The van der Waals surface area contributed by atoms with E-state index in [2.05, 4.69) is 18.4 Å². The van der Waals surface area contributed by atoms with Gasteiger partial charge in [0.05, 0.1) is 6.42 Å². The van der Waals surface area contributed by atoms with Crippen molar-refractivity contribution in [3.63, 3.8) is 0 Å². The van der Waals surface area contributed by atoms with Gasteiger partial charge < -0.3 is 10.0 Å². The lowest BCUT2D eigenvalue weighted by molar-refractivity contribution is -0.130. The van der Waals surface area contributed by atoms with Crippen molar-refractivity contribution in [2.75, 3.05) is 7.05 Å². The molecule has 1 N–H and O–H groups in total. The first-order valence-electron chi connectivity index (χ1n) is 6.62.